The molecule has 0 unspecified atom stereocenters. The average molecular weight is 211 g/mol. The van der Waals surface area contributed by atoms with Gasteiger partial charge in [-0.1, -0.05) is 23.2 Å². The first-order valence-electron chi connectivity index (χ1n) is 3.30. The minimum absolute atomic E-state index is 0.270. The first-order chi connectivity index (χ1) is 6.16. The summed E-state index contributed by atoms with van der Waals surface area (Å²) in [6.45, 7) is 0. The summed E-state index contributed by atoms with van der Waals surface area (Å²) in [6.07, 6.45) is 0. The largest absolute Gasteiger partial charge is 0.397 e. The monoisotopic (exact) mass is 210 g/mol. The molecule has 13 heavy (non-hydrogen) atoms. The van der Waals surface area contributed by atoms with Crippen LogP contribution in [0.15, 0.2) is 12.1 Å². The molecule has 0 aliphatic carbocycles. The molecule has 1 rings (SSSR count). The highest BCUT2D eigenvalue weighted by molar-refractivity contribution is 6.44. The summed E-state index contributed by atoms with van der Waals surface area (Å²) >= 11 is 11.6. The van der Waals surface area contributed by atoms with Crippen LogP contribution >= 0.6 is 23.2 Å². The minimum atomic E-state index is 0.270. The van der Waals surface area contributed by atoms with Crippen LogP contribution in [0, 0.1) is 23.2 Å². The van der Waals surface area contributed by atoms with Crippen LogP contribution in [0.2, 0.25) is 10.0 Å². The van der Waals surface area contributed by atoms with Crippen LogP contribution in [0.25, 0.3) is 0 Å². The average Bonchev–Trinajstić information content (AvgIpc) is 2.13. The van der Waals surface area contributed by atoms with E-state index in [0.717, 1.165) is 0 Å². The summed E-state index contributed by atoms with van der Waals surface area (Å²) in [5, 5.41) is 8.77. The molecular weight excluding hydrogens is 207 g/mol. The van der Waals surface area contributed by atoms with Crippen molar-refractivity contribution in [2.24, 2.45) is 0 Å². The van der Waals surface area contributed by atoms with E-state index >= 15 is 0 Å². The second kappa shape index (κ2) is 4.05. The molecule has 0 heterocycles. The Morgan fingerprint density at radius 3 is 2.54 bits per heavy atom. The maximum Gasteiger partial charge on any atom is 0.152 e. The summed E-state index contributed by atoms with van der Waals surface area (Å²) in [5.41, 5.74) is 6.39. The number of nitrogens with two attached hydrogens (primary N) is 1. The van der Waals surface area contributed by atoms with E-state index in [1.165, 1.54) is 0 Å². The number of benzene rings is 1. The maximum atomic E-state index is 8.22. The number of hydrogen-bond donors (Lipinski definition) is 1. The number of hydrogen-bond acceptors (Lipinski definition) is 2. The van der Waals surface area contributed by atoms with Gasteiger partial charge in [0.25, 0.3) is 0 Å². The molecule has 0 bridgehead atoms. The van der Waals surface area contributed by atoms with E-state index in [0.29, 0.717) is 11.3 Å². The van der Waals surface area contributed by atoms with Crippen molar-refractivity contribution in [2.75, 3.05) is 5.73 Å². The summed E-state index contributed by atoms with van der Waals surface area (Å²) in [4.78, 5) is 0. The van der Waals surface area contributed by atoms with Crippen LogP contribution in [-0.2, 0) is 0 Å². The van der Waals surface area contributed by atoms with Crippen molar-refractivity contribution in [3.63, 3.8) is 0 Å². The van der Waals surface area contributed by atoms with Crippen LogP contribution in [0.4, 0.5) is 5.69 Å². The molecule has 4 heteroatoms. The summed E-state index contributed by atoms with van der Waals surface area (Å²) in [6, 6.07) is 4.90. The highest BCUT2D eigenvalue weighted by Crippen LogP contribution is 2.30. The molecule has 0 spiro atoms. The first kappa shape index (κ1) is 9.74. The summed E-state index contributed by atoms with van der Waals surface area (Å²) in [5.74, 6) is 4.77. The Kier molecular flexibility index (Phi) is 3.03. The van der Waals surface area contributed by atoms with E-state index in [2.05, 4.69) is 11.8 Å². The van der Waals surface area contributed by atoms with E-state index in [9.17, 15) is 0 Å². The van der Waals surface area contributed by atoms with Gasteiger partial charge in [-0.3, -0.25) is 0 Å². The molecule has 0 aliphatic rings. The SMILES string of the molecule is N#CC#Cc1ccc(N)c(Cl)c1Cl. The van der Waals surface area contributed by atoms with Gasteiger partial charge in [-0.05, 0) is 18.1 Å². The van der Waals surface area contributed by atoms with E-state index in [-0.39, 0.29) is 10.0 Å². The van der Waals surface area contributed by atoms with Gasteiger partial charge in [0, 0.05) is 11.5 Å². The molecule has 0 aromatic heterocycles. The lowest BCUT2D eigenvalue weighted by Gasteiger charge is -2.01. The lowest BCUT2D eigenvalue weighted by atomic mass is 10.2. The quantitative estimate of drug-likeness (QED) is 0.529. The summed E-state index contributed by atoms with van der Waals surface area (Å²) < 4.78 is 0. The van der Waals surface area contributed by atoms with Crippen molar-refractivity contribution >= 4 is 28.9 Å². The molecule has 2 N–H and O–H groups in total. The van der Waals surface area contributed by atoms with Gasteiger partial charge in [-0.2, -0.15) is 5.26 Å². The third-order valence-corrected chi connectivity index (χ3v) is 2.26. The fourth-order valence-electron chi connectivity index (χ4n) is 0.756. The Morgan fingerprint density at radius 2 is 1.92 bits per heavy atom. The van der Waals surface area contributed by atoms with Crippen molar-refractivity contribution < 1.29 is 0 Å². The highest BCUT2D eigenvalue weighted by atomic mass is 35.5. The second-order valence-corrected chi connectivity index (χ2v) is 2.95. The van der Waals surface area contributed by atoms with E-state index in [4.69, 9.17) is 34.2 Å². The molecule has 64 valence electrons. The Hall–Kier alpha value is -1.35. The smallest absolute Gasteiger partial charge is 0.152 e. The first-order valence-corrected chi connectivity index (χ1v) is 4.06. The highest BCUT2D eigenvalue weighted by Gasteiger charge is 2.05. The Morgan fingerprint density at radius 1 is 1.23 bits per heavy atom. The number of halogens is 2. The van der Waals surface area contributed by atoms with Crippen LogP contribution < -0.4 is 5.73 Å². The molecular formula is C9H4Cl2N2. The molecule has 0 saturated heterocycles. The van der Waals surface area contributed by atoms with Gasteiger partial charge in [0.1, 0.15) is 0 Å². The predicted octanol–water partition coefficient (Wildman–Crippen LogP) is 2.45. The third-order valence-electron chi connectivity index (χ3n) is 1.37. The van der Waals surface area contributed by atoms with Gasteiger partial charge in [-0.25, -0.2) is 0 Å². The molecule has 0 atom stereocenters. The third kappa shape index (κ3) is 2.06. The molecule has 1 aromatic rings. The Labute approximate surface area is 85.9 Å². The molecule has 0 fully saturated rings. The standard InChI is InChI=1S/C9H4Cl2N2/c10-8-6(2-1-5-12)3-4-7(13)9(8)11/h3-4H,13H2. The van der Waals surface area contributed by atoms with Crippen molar-refractivity contribution in [2.45, 2.75) is 0 Å². The molecule has 1 aromatic carbocycles. The number of rotatable bonds is 0. The van der Waals surface area contributed by atoms with Crippen molar-refractivity contribution in [3.8, 4) is 17.9 Å². The van der Waals surface area contributed by atoms with Crippen LogP contribution in [0.3, 0.4) is 0 Å². The fourth-order valence-corrected chi connectivity index (χ4v) is 1.14. The van der Waals surface area contributed by atoms with E-state index < -0.39 is 0 Å². The van der Waals surface area contributed by atoms with Crippen LogP contribution in [0.5, 0.6) is 0 Å². The van der Waals surface area contributed by atoms with Crippen LogP contribution in [-0.4, -0.2) is 0 Å². The van der Waals surface area contributed by atoms with Gasteiger partial charge in [0.05, 0.1) is 15.7 Å². The topological polar surface area (TPSA) is 49.8 Å². The zero-order chi connectivity index (χ0) is 9.84. The predicted molar refractivity (Wildman–Crippen MR) is 53.4 cm³/mol. The lowest BCUT2D eigenvalue weighted by Crippen LogP contribution is -1.88. The molecule has 0 saturated carbocycles. The van der Waals surface area contributed by atoms with Crippen molar-refractivity contribution in [1.29, 1.82) is 5.26 Å². The Bertz CT molecular complexity index is 435. The number of nitrogen functional groups attached to an aromatic ring is 1. The van der Waals surface area contributed by atoms with E-state index in [1.807, 2.05) is 0 Å². The van der Waals surface area contributed by atoms with Gasteiger partial charge < -0.3 is 5.73 Å². The normalized spacial score (nSPS) is 8.38. The zero-order valence-electron chi connectivity index (χ0n) is 6.44. The second-order valence-electron chi connectivity index (χ2n) is 2.19. The zero-order valence-corrected chi connectivity index (χ0v) is 7.95. The molecule has 0 amide bonds. The lowest BCUT2D eigenvalue weighted by molar-refractivity contribution is 1.55. The van der Waals surface area contributed by atoms with Crippen molar-refractivity contribution in [1.82, 2.24) is 0 Å². The Balaban J connectivity index is 3.28. The van der Waals surface area contributed by atoms with Gasteiger partial charge in [-0.15, -0.1) is 0 Å². The molecule has 2 nitrogen and oxygen atoms in total. The molecule has 0 radical (unpaired) electrons. The maximum absolute atomic E-state index is 8.22. The molecule has 0 aliphatic heterocycles. The summed E-state index contributed by atoms with van der Waals surface area (Å²) in [7, 11) is 0. The van der Waals surface area contributed by atoms with Gasteiger partial charge in [0.2, 0.25) is 0 Å². The number of nitrogens with zero attached hydrogens (tertiary/aromatic N) is 1. The minimum Gasteiger partial charge on any atom is -0.397 e. The number of anilines is 1. The fraction of sp³-hybridized carbons (Fsp3) is 0. The van der Waals surface area contributed by atoms with E-state index in [1.54, 1.807) is 18.2 Å². The number of nitriles is 1. The van der Waals surface area contributed by atoms with Crippen molar-refractivity contribution in [3.05, 3.63) is 27.7 Å². The van der Waals surface area contributed by atoms with Gasteiger partial charge in [0.15, 0.2) is 6.07 Å². The van der Waals surface area contributed by atoms with Gasteiger partial charge >= 0.3 is 0 Å². The van der Waals surface area contributed by atoms with Crippen LogP contribution in [0.1, 0.15) is 5.56 Å².